The number of aliphatic imine (C=N–C) groups is 1. The predicted molar refractivity (Wildman–Crippen MR) is 101 cm³/mol. The van der Waals surface area contributed by atoms with Crippen LogP contribution in [-0.2, 0) is 9.53 Å². The third-order valence-electron chi connectivity index (χ3n) is 6.52. The first-order valence-corrected chi connectivity index (χ1v) is 9.77. The van der Waals surface area contributed by atoms with E-state index >= 15 is 0 Å². The van der Waals surface area contributed by atoms with E-state index in [-0.39, 0.29) is 21.5 Å². The summed E-state index contributed by atoms with van der Waals surface area (Å²) in [5, 5.41) is 8.99. The van der Waals surface area contributed by atoms with Crippen LogP contribution in [0.15, 0.2) is 35.0 Å². The van der Waals surface area contributed by atoms with Crippen molar-refractivity contribution < 1.29 is 19.4 Å². The van der Waals surface area contributed by atoms with Crippen LogP contribution in [-0.4, -0.2) is 27.8 Å². The second-order valence-electron chi connectivity index (χ2n) is 8.66. The highest BCUT2D eigenvalue weighted by Gasteiger charge is 2.60. The summed E-state index contributed by atoms with van der Waals surface area (Å²) < 4.78 is 5.63. The van der Waals surface area contributed by atoms with Gasteiger partial charge in [0.1, 0.15) is 0 Å². The van der Waals surface area contributed by atoms with Crippen molar-refractivity contribution in [1.82, 2.24) is 0 Å². The summed E-state index contributed by atoms with van der Waals surface area (Å²) in [6.45, 7) is 0. The Labute approximate surface area is 162 Å². The monoisotopic (exact) mass is 385 g/mol. The van der Waals surface area contributed by atoms with Gasteiger partial charge in [-0.2, -0.15) is 0 Å². The normalized spacial score (nSPS) is 38.2. The lowest BCUT2D eigenvalue weighted by Gasteiger charge is -2.59. The number of alkyl halides is 1. The van der Waals surface area contributed by atoms with Gasteiger partial charge in [0.2, 0.25) is 5.90 Å². The van der Waals surface area contributed by atoms with Crippen molar-refractivity contribution in [3.63, 3.8) is 0 Å². The van der Waals surface area contributed by atoms with Gasteiger partial charge in [-0.1, -0.05) is 12.1 Å². The van der Waals surface area contributed by atoms with Crippen LogP contribution in [0.4, 0.5) is 0 Å². The summed E-state index contributed by atoms with van der Waals surface area (Å²) in [7, 11) is 0. The fraction of sp³-hybridized carbons (Fsp3) is 0.476. The first-order valence-electron chi connectivity index (χ1n) is 9.40. The highest BCUT2D eigenvalue weighted by molar-refractivity contribution is 6.24. The van der Waals surface area contributed by atoms with Crippen molar-refractivity contribution in [3.8, 4) is 0 Å². The van der Waals surface area contributed by atoms with Crippen molar-refractivity contribution in [3.05, 3.63) is 41.1 Å². The van der Waals surface area contributed by atoms with Gasteiger partial charge in [-0.15, -0.1) is 11.6 Å². The molecule has 0 saturated heterocycles. The molecule has 0 radical (unpaired) electrons. The Morgan fingerprint density at radius 3 is 2.44 bits per heavy atom. The van der Waals surface area contributed by atoms with Gasteiger partial charge in [0.15, 0.2) is 5.70 Å². The summed E-state index contributed by atoms with van der Waals surface area (Å²) in [6.07, 6.45) is 7.85. The quantitative estimate of drug-likeness (QED) is 0.479. The molecule has 1 aromatic rings. The molecule has 27 heavy (non-hydrogen) atoms. The number of ether oxygens (including phenoxy) is 1. The van der Waals surface area contributed by atoms with Gasteiger partial charge in [0, 0.05) is 10.3 Å². The molecule has 4 atom stereocenters. The Balaban J connectivity index is 1.45. The smallest absolute Gasteiger partial charge is 0.363 e. The highest BCUT2D eigenvalue weighted by Crippen LogP contribution is 2.64. The Hall–Kier alpha value is -2.14. The molecular formula is C21H20ClNO4. The Bertz CT molecular complexity index is 887. The molecule has 4 aliphatic carbocycles. The van der Waals surface area contributed by atoms with Gasteiger partial charge in [-0.25, -0.2) is 14.6 Å². The zero-order valence-electron chi connectivity index (χ0n) is 14.8. The van der Waals surface area contributed by atoms with Gasteiger partial charge in [-0.3, -0.25) is 0 Å². The maximum Gasteiger partial charge on any atom is 0.363 e. The number of carboxylic acid groups (broad SMARTS) is 1. The van der Waals surface area contributed by atoms with Crippen molar-refractivity contribution >= 4 is 35.5 Å². The molecule has 4 saturated carbocycles. The lowest BCUT2D eigenvalue weighted by Crippen LogP contribution is -2.56. The highest BCUT2D eigenvalue weighted by atomic mass is 35.5. The molecule has 6 heteroatoms. The molecule has 2 unspecified atom stereocenters. The van der Waals surface area contributed by atoms with Crippen LogP contribution in [0.25, 0.3) is 6.08 Å². The summed E-state index contributed by atoms with van der Waals surface area (Å²) >= 11 is 6.88. The van der Waals surface area contributed by atoms with E-state index in [2.05, 4.69) is 4.99 Å². The van der Waals surface area contributed by atoms with E-state index in [0.29, 0.717) is 17.7 Å². The lowest BCUT2D eigenvalue weighted by atomic mass is 9.49. The summed E-state index contributed by atoms with van der Waals surface area (Å²) in [4.78, 5) is 27.8. The molecule has 5 nitrogen and oxygen atoms in total. The topological polar surface area (TPSA) is 76.0 Å². The average Bonchev–Trinajstić information content (AvgIpc) is 2.95. The van der Waals surface area contributed by atoms with E-state index in [1.165, 1.54) is 18.6 Å². The van der Waals surface area contributed by atoms with Gasteiger partial charge < -0.3 is 9.84 Å². The third-order valence-corrected chi connectivity index (χ3v) is 6.97. The van der Waals surface area contributed by atoms with Crippen LogP contribution in [0.3, 0.4) is 0 Å². The maximum atomic E-state index is 12.4. The van der Waals surface area contributed by atoms with Crippen LogP contribution in [0.1, 0.15) is 54.4 Å². The largest absolute Gasteiger partial charge is 0.478 e. The minimum atomic E-state index is -0.980. The summed E-state index contributed by atoms with van der Waals surface area (Å²) in [6, 6.07) is 6.34. The van der Waals surface area contributed by atoms with Gasteiger partial charge >= 0.3 is 11.9 Å². The number of aromatic carboxylic acids is 1. The molecule has 140 valence electrons. The fourth-order valence-corrected chi connectivity index (χ4v) is 6.61. The van der Waals surface area contributed by atoms with Crippen LogP contribution in [0.5, 0.6) is 0 Å². The van der Waals surface area contributed by atoms with Crippen LogP contribution < -0.4 is 0 Å². The second-order valence-corrected chi connectivity index (χ2v) is 9.46. The van der Waals surface area contributed by atoms with Crippen LogP contribution in [0.2, 0.25) is 0 Å². The molecule has 6 rings (SSSR count). The predicted octanol–water partition coefficient (Wildman–Crippen LogP) is 4.26. The number of carbonyl (C=O) groups is 2. The molecule has 1 aliphatic heterocycles. The SMILES string of the molecule is O=C1OC(C23C[C@@H]4C[C@@H](CC(Cl)(C4)C2)C3)=N/C1=C\c1ccc(C(=O)O)cc1. The molecule has 4 bridgehead atoms. The number of esters is 1. The number of nitrogens with zero attached hydrogens (tertiary/aromatic N) is 1. The van der Waals surface area contributed by atoms with E-state index in [9.17, 15) is 9.59 Å². The van der Waals surface area contributed by atoms with E-state index in [0.717, 1.165) is 37.7 Å². The third kappa shape index (κ3) is 2.80. The number of carboxylic acids is 1. The van der Waals surface area contributed by atoms with E-state index in [4.69, 9.17) is 21.4 Å². The average molecular weight is 386 g/mol. The summed E-state index contributed by atoms with van der Waals surface area (Å²) in [5.41, 5.74) is 0.990. The van der Waals surface area contributed by atoms with E-state index in [1.807, 2.05) is 0 Å². The molecule has 1 aromatic carbocycles. The van der Waals surface area contributed by atoms with Crippen molar-refractivity contribution in [2.75, 3.05) is 0 Å². The molecule has 1 N–H and O–H groups in total. The van der Waals surface area contributed by atoms with Gasteiger partial charge in [0.25, 0.3) is 0 Å². The van der Waals surface area contributed by atoms with Crippen molar-refractivity contribution in [2.45, 2.75) is 43.4 Å². The number of rotatable bonds is 3. The molecule has 4 fully saturated rings. The molecule has 0 aromatic heterocycles. The zero-order valence-corrected chi connectivity index (χ0v) is 15.5. The van der Waals surface area contributed by atoms with Crippen molar-refractivity contribution in [2.24, 2.45) is 22.2 Å². The minimum absolute atomic E-state index is 0.169. The fourth-order valence-electron chi connectivity index (χ4n) is 5.92. The number of benzene rings is 1. The van der Waals surface area contributed by atoms with Crippen LogP contribution >= 0.6 is 11.6 Å². The van der Waals surface area contributed by atoms with Gasteiger partial charge in [-0.05, 0) is 74.1 Å². The first-order chi connectivity index (χ1) is 12.8. The standard InChI is InChI=1S/C21H20ClNO4/c22-21-9-13-5-14(10-21)8-20(7-13,11-21)19-23-16(18(26)27-19)6-12-1-3-15(4-2-12)17(24)25/h1-4,6,13-14H,5,7-11H2,(H,24,25)/b16-6-/t13-,14+,20?,21?. The Morgan fingerprint density at radius 2 is 1.85 bits per heavy atom. The number of hydrogen-bond acceptors (Lipinski definition) is 4. The second kappa shape index (κ2) is 5.68. The summed E-state index contributed by atoms with van der Waals surface area (Å²) in [5.74, 6) is 0.321. The maximum absolute atomic E-state index is 12.4. The number of halogens is 1. The number of cyclic esters (lactones) is 1. The number of hydrogen-bond donors (Lipinski definition) is 1. The Kier molecular flexibility index (Phi) is 3.57. The molecular weight excluding hydrogens is 366 g/mol. The van der Waals surface area contributed by atoms with E-state index < -0.39 is 11.9 Å². The minimum Gasteiger partial charge on any atom is -0.478 e. The zero-order chi connectivity index (χ0) is 18.8. The van der Waals surface area contributed by atoms with E-state index in [1.54, 1.807) is 18.2 Å². The first kappa shape index (κ1) is 17.0. The molecule has 5 aliphatic rings. The lowest BCUT2D eigenvalue weighted by molar-refractivity contribution is -0.131. The number of carbonyl (C=O) groups excluding carboxylic acids is 1. The van der Waals surface area contributed by atoms with Crippen LogP contribution in [0, 0.1) is 17.3 Å². The molecule has 0 amide bonds. The molecule has 1 heterocycles. The van der Waals surface area contributed by atoms with Crippen molar-refractivity contribution in [1.29, 1.82) is 0 Å². The Morgan fingerprint density at radius 1 is 1.19 bits per heavy atom. The molecule has 0 spiro atoms. The van der Waals surface area contributed by atoms with Gasteiger partial charge in [0.05, 0.1) is 5.56 Å².